The summed E-state index contributed by atoms with van der Waals surface area (Å²) in [6, 6.07) is 9.54. The Labute approximate surface area is 111 Å². The molecule has 1 aliphatic rings. The van der Waals surface area contributed by atoms with Crippen LogP contribution in [0, 0.1) is 6.92 Å². The molecule has 19 heavy (non-hydrogen) atoms. The van der Waals surface area contributed by atoms with Gasteiger partial charge in [-0.2, -0.15) is 4.98 Å². The number of ether oxygens (including phenoxy) is 1. The van der Waals surface area contributed by atoms with Crippen molar-refractivity contribution in [3.8, 4) is 11.6 Å². The third-order valence-electron chi connectivity index (χ3n) is 3.12. The second-order valence-corrected chi connectivity index (χ2v) is 4.74. The number of benzene rings is 1. The lowest BCUT2D eigenvalue weighted by molar-refractivity contribution is 0.455. The molecule has 1 aliphatic carbocycles. The van der Waals surface area contributed by atoms with Gasteiger partial charge in [-0.15, -0.1) is 0 Å². The fourth-order valence-electron chi connectivity index (χ4n) is 1.88. The van der Waals surface area contributed by atoms with E-state index in [4.69, 9.17) is 10.6 Å². The van der Waals surface area contributed by atoms with Gasteiger partial charge in [0.25, 0.3) is 0 Å². The van der Waals surface area contributed by atoms with E-state index in [2.05, 4.69) is 15.4 Å². The lowest BCUT2D eigenvalue weighted by atomic mass is 10.2. The number of nitrogens with one attached hydrogen (secondary N) is 1. The summed E-state index contributed by atoms with van der Waals surface area (Å²) in [5.41, 5.74) is 3.63. The fourth-order valence-corrected chi connectivity index (χ4v) is 1.88. The topological polar surface area (TPSA) is 73.1 Å². The van der Waals surface area contributed by atoms with Gasteiger partial charge in [0.05, 0.1) is 0 Å². The van der Waals surface area contributed by atoms with Crippen molar-refractivity contribution in [2.75, 3.05) is 5.43 Å². The zero-order valence-corrected chi connectivity index (χ0v) is 10.8. The summed E-state index contributed by atoms with van der Waals surface area (Å²) in [6.45, 7) is 2.00. The van der Waals surface area contributed by atoms with Gasteiger partial charge in [0.2, 0.25) is 5.88 Å². The van der Waals surface area contributed by atoms with E-state index in [9.17, 15) is 0 Å². The molecule has 3 N–H and O–H groups in total. The van der Waals surface area contributed by atoms with Crippen molar-refractivity contribution in [1.82, 2.24) is 9.97 Å². The van der Waals surface area contributed by atoms with Crippen LogP contribution in [0.5, 0.6) is 11.6 Å². The summed E-state index contributed by atoms with van der Waals surface area (Å²) in [6.07, 6.45) is 2.27. The van der Waals surface area contributed by atoms with Crippen molar-refractivity contribution in [2.24, 2.45) is 5.84 Å². The number of rotatable bonds is 4. The second kappa shape index (κ2) is 4.85. The van der Waals surface area contributed by atoms with Crippen LogP contribution in [-0.4, -0.2) is 9.97 Å². The average Bonchev–Trinajstić information content (AvgIpc) is 3.25. The highest BCUT2D eigenvalue weighted by Gasteiger charge is 2.27. The number of para-hydroxylation sites is 1. The van der Waals surface area contributed by atoms with Crippen molar-refractivity contribution in [3.05, 3.63) is 41.7 Å². The molecule has 5 heteroatoms. The number of anilines is 1. The van der Waals surface area contributed by atoms with Gasteiger partial charge in [-0.25, -0.2) is 10.8 Å². The van der Waals surface area contributed by atoms with Crippen LogP contribution in [0.15, 0.2) is 30.3 Å². The quantitative estimate of drug-likeness (QED) is 0.650. The molecule has 0 unspecified atom stereocenters. The predicted octanol–water partition coefficient (Wildman–Crippen LogP) is 2.74. The Kier molecular flexibility index (Phi) is 3.05. The largest absolute Gasteiger partial charge is 0.439 e. The van der Waals surface area contributed by atoms with Crippen LogP contribution in [0.25, 0.3) is 0 Å². The standard InChI is InChI=1S/C14H16N4O/c1-9-4-2-3-5-11(9)19-13-8-12(18-15)16-14(17-13)10-6-7-10/h2-5,8,10H,6-7,15H2,1H3,(H,16,17,18). The molecule has 1 aromatic carbocycles. The summed E-state index contributed by atoms with van der Waals surface area (Å²) >= 11 is 0. The summed E-state index contributed by atoms with van der Waals surface area (Å²) in [7, 11) is 0. The molecule has 0 radical (unpaired) electrons. The highest BCUT2D eigenvalue weighted by atomic mass is 16.5. The molecule has 0 aliphatic heterocycles. The smallest absolute Gasteiger partial charge is 0.224 e. The SMILES string of the molecule is Cc1ccccc1Oc1cc(NN)nc(C2CC2)n1. The van der Waals surface area contributed by atoms with E-state index in [0.717, 1.165) is 30.0 Å². The molecule has 0 saturated heterocycles. The molecule has 2 aromatic rings. The zero-order valence-electron chi connectivity index (χ0n) is 10.8. The molecule has 98 valence electrons. The highest BCUT2D eigenvalue weighted by Crippen LogP contribution is 2.39. The maximum absolute atomic E-state index is 5.82. The maximum atomic E-state index is 5.82. The van der Waals surface area contributed by atoms with Gasteiger partial charge in [-0.3, -0.25) is 0 Å². The lowest BCUT2D eigenvalue weighted by Crippen LogP contribution is -2.10. The number of hydrogen-bond donors (Lipinski definition) is 2. The van der Waals surface area contributed by atoms with Crippen LogP contribution in [0.2, 0.25) is 0 Å². The van der Waals surface area contributed by atoms with Gasteiger partial charge >= 0.3 is 0 Å². The second-order valence-electron chi connectivity index (χ2n) is 4.74. The van der Waals surface area contributed by atoms with Crippen LogP contribution in [0.3, 0.4) is 0 Å². The first-order valence-corrected chi connectivity index (χ1v) is 6.35. The van der Waals surface area contributed by atoms with Crippen LogP contribution in [0.1, 0.15) is 30.1 Å². The normalized spacial score (nSPS) is 14.2. The number of hydrogen-bond acceptors (Lipinski definition) is 5. The summed E-state index contributed by atoms with van der Waals surface area (Å²) in [4.78, 5) is 8.80. The van der Waals surface area contributed by atoms with E-state index in [-0.39, 0.29) is 0 Å². The summed E-state index contributed by atoms with van der Waals surface area (Å²) in [5, 5.41) is 0. The monoisotopic (exact) mass is 256 g/mol. The molecule has 3 rings (SSSR count). The first kappa shape index (κ1) is 11.9. The van der Waals surface area contributed by atoms with Gasteiger partial charge in [0.15, 0.2) is 0 Å². The Morgan fingerprint density at radius 2 is 2.05 bits per heavy atom. The Hall–Kier alpha value is -2.14. The molecule has 1 heterocycles. The third-order valence-corrected chi connectivity index (χ3v) is 3.12. The molecule has 0 spiro atoms. The molecule has 0 amide bonds. The number of hydrazine groups is 1. The minimum absolute atomic E-state index is 0.451. The third kappa shape index (κ3) is 2.66. The van der Waals surface area contributed by atoms with Crippen molar-refractivity contribution >= 4 is 5.82 Å². The van der Waals surface area contributed by atoms with Gasteiger partial charge < -0.3 is 10.2 Å². The Bertz CT molecular complexity index is 596. The minimum atomic E-state index is 0.451. The summed E-state index contributed by atoms with van der Waals surface area (Å²) < 4.78 is 5.82. The molecule has 1 aromatic heterocycles. The minimum Gasteiger partial charge on any atom is -0.439 e. The van der Waals surface area contributed by atoms with Crippen molar-refractivity contribution < 1.29 is 4.74 Å². The average molecular weight is 256 g/mol. The molecule has 5 nitrogen and oxygen atoms in total. The maximum Gasteiger partial charge on any atom is 0.224 e. The fraction of sp³-hybridized carbons (Fsp3) is 0.286. The van der Waals surface area contributed by atoms with E-state index < -0.39 is 0 Å². The van der Waals surface area contributed by atoms with Crippen LogP contribution in [-0.2, 0) is 0 Å². The van der Waals surface area contributed by atoms with E-state index in [0.29, 0.717) is 17.6 Å². The molecule has 0 bridgehead atoms. The lowest BCUT2D eigenvalue weighted by Gasteiger charge is -2.10. The van der Waals surface area contributed by atoms with Crippen molar-refractivity contribution in [2.45, 2.75) is 25.7 Å². The molecular weight excluding hydrogens is 240 g/mol. The van der Waals surface area contributed by atoms with Crippen LogP contribution >= 0.6 is 0 Å². The Morgan fingerprint density at radius 1 is 1.26 bits per heavy atom. The van der Waals surface area contributed by atoms with Crippen molar-refractivity contribution in [1.29, 1.82) is 0 Å². The van der Waals surface area contributed by atoms with Gasteiger partial charge in [-0.1, -0.05) is 18.2 Å². The van der Waals surface area contributed by atoms with Crippen LogP contribution < -0.4 is 16.0 Å². The van der Waals surface area contributed by atoms with E-state index in [1.165, 1.54) is 0 Å². The van der Waals surface area contributed by atoms with Gasteiger partial charge in [-0.05, 0) is 31.4 Å². The highest BCUT2D eigenvalue weighted by molar-refractivity contribution is 5.41. The number of nitrogens with two attached hydrogens (primary N) is 1. The number of nitrogens with zero attached hydrogens (tertiary/aromatic N) is 2. The Morgan fingerprint density at radius 3 is 2.74 bits per heavy atom. The first-order valence-electron chi connectivity index (χ1n) is 6.35. The van der Waals surface area contributed by atoms with E-state index >= 15 is 0 Å². The number of aromatic nitrogens is 2. The van der Waals surface area contributed by atoms with Crippen LogP contribution in [0.4, 0.5) is 5.82 Å². The van der Waals surface area contributed by atoms with E-state index in [1.807, 2.05) is 31.2 Å². The molecule has 1 saturated carbocycles. The Balaban J connectivity index is 1.91. The number of nitrogen functional groups attached to an aromatic ring is 1. The summed E-state index contributed by atoms with van der Waals surface area (Å²) in [5.74, 6) is 8.60. The molecular formula is C14H16N4O. The first-order chi connectivity index (χ1) is 9.26. The number of aryl methyl sites for hydroxylation is 1. The predicted molar refractivity (Wildman–Crippen MR) is 73.1 cm³/mol. The van der Waals surface area contributed by atoms with Crippen molar-refractivity contribution in [3.63, 3.8) is 0 Å². The molecule has 0 atom stereocenters. The zero-order chi connectivity index (χ0) is 13.2. The van der Waals surface area contributed by atoms with Gasteiger partial charge in [0.1, 0.15) is 17.4 Å². The van der Waals surface area contributed by atoms with Gasteiger partial charge in [0, 0.05) is 12.0 Å². The van der Waals surface area contributed by atoms with E-state index in [1.54, 1.807) is 6.07 Å². The molecule has 1 fully saturated rings.